The summed E-state index contributed by atoms with van der Waals surface area (Å²) in [4.78, 5) is 37.0. The van der Waals surface area contributed by atoms with Gasteiger partial charge >= 0.3 is 6.03 Å². The Hall–Kier alpha value is -3.39. The highest BCUT2D eigenvalue weighted by atomic mass is 32.2. The summed E-state index contributed by atoms with van der Waals surface area (Å²) in [5, 5.41) is 4.18. The van der Waals surface area contributed by atoms with E-state index in [9.17, 15) is 9.59 Å². The topological polar surface area (TPSA) is 84.4 Å². The molecule has 0 spiro atoms. The van der Waals surface area contributed by atoms with Crippen LogP contribution in [0.4, 0.5) is 10.5 Å². The minimum absolute atomic E-state index is 0.258. The molecule has 30 heavy (non-hydrogen) atoms. The predicted octanol–water partition coefficient (Wildman–Crippen LogP) is 3.53. The zero-order chi connectivity index (χ0) is 20.8. The number of methoxy groups -OCH3 is 1. The summed E-state index contributed by atoms with van der Waals surface area (Å²) in [6.45, 7) is 1.91. The van der Waals surface area contributed by atoms with Crippen molar-refractivity contribution in [3.63, 3.8) is 0 Å². The number of nitrogens with zero attached hydrogens (tertiary/aromatic N) is 3. The molecule has 8 heteroatoms. The lowest BCUT2D eigenvalue weighted by Gasteiger charge is -2.33. The molecule has 0 saturated carbocycles. The third kappa shape index (κ3) is 2.91. The van der Waals surface area contributed by atoms with Crippen LogP contribution in [-0.2, 0) is 4.79 Å². The minimum atomic E-state index is -0.456. The fraction of sp³-hybridized carbons (Fsp3) is 0.182. The molecule has 3 amide bonds. The van der Waals surface area contributed by atoms with Gasteiger partial charge in [0.1, 0.15) is 11.0 Å². The van der Waals surface area contributed by atoms with Crippen LogP contribution in [0.25, 0.3) is 15.7 Å². The molecule has 0 aliphatic carbocycles. The largest absolute Gasteiger partial charge is 0.495 e. The Bertz CT molecular complexity index is 1220. The van der Waals surface area contributed by atoms with Crippen LogP contribution in [0.15, 0.2) is 55.0 Å². The van der Waals surface area contributed by atoms with E-state index in [0.29, 0.717) is 11.4 Å². The maximum absolute atomic E-state index is 13.4. The van der Waals surface area contributed by atoms with Crippen LogP contribution in [0.1, 0.15) is 11.3 Å². The number of nitrogens with one attached hydrogen (secondary N) is 1. The molecule has 0 bridgehead atoms. The summed E-state index contributed by atoms with van der Waals surface area (Å²) < 4.78 is 5.29. The van der Waals surface area contributed by atoms with E-state index in [-0.39, 0.29) is 11.9 Å². The summed E-state index contributed by atoms with van der Waals surface area (Å²) >= 11 is 1.43. The van der Waals surface area contributed by atoms with E-state index in [1.807, 2.05) is 43.3 Å². The van der Waals surface area contributed by atoms with Crippen molar-refractivity contribution in [1.82, 2.24) is 15.3 Å². The number of anilines is 1. The van der Waals surface area contributed by atoms with Crippen LogP contribution in [0.3, 0.4) is 0 Å². The first-order chi connectivity index (χ1) is 14.6. The first kappa shape index (κ1) is 18.6. The Kier molecular flexibility index (Phi) is 4.43. The number of pyridine rings is 2. The number of fused-ring (bicyclic) bond motifs is 2. The normalized spacial score (nSPS) is 20.7. The molecule has 7 nitrogen and oxygen atoms in total. The minimum Gasteiger partial charge on any atom is -0.495 e. The van der Waals surface area contributed by atoms with Crippen molar-refractivity contribution in [3.8, 4) is 5.75 Å². The van der Waals surface area contributed by atoms with Crippen molar-refractivity contribution in [2.75, 3.05) is 12.0 Å². The standard InChI is InChI=1S/C22H18N4O3S/c1-12-16(7-14(29-2)10-24-12)19-8-17-20(30-19)21(27)26(22(28)25-17)18-11-23-9-13-5-3-4-6-15(13)18/h3-11,17,20H,1-2H3,(H,25,28). The van der Waals surface area contributed by atoms with Crippen molar-refractivity contribution in [2.24, 2.45) is 0 Å². The molecule has 1 aromatic carbocycles. The fourth-order valence-electron chi connectivity index (χ4n) is 3.79. The highest BCUT2D eigenvalue weighted by Crippen LogP contribution is 2.44. The van der Waals surface area contributed by atoms with Crippen molar-refractivity contribution in [1.29, 1.82) is 0 Å². The van der Waals surface area contributed by atoms with Gasteiger partial charge in [-0.05, 0) is 19.1 Å². The number of thioether (sulfide) groups is 1. The summed E-state index contributed by atoms with van der Waals surface area (Å²) in [5.41, 5.74) is 2.22. The lowest BCUT2D eigenvalue weighted by molar-refractivity contribution is -0.118. The number of aryl methyl sites for hydroxylation is 1. The first-order valence-corrected chi connectivity index (χ1v) is 10.3. The van der Waals surface area contributed by atoms with Gasteiger partial charge in [0.05, 0.1) is 31.2 Å². The molecule has 2 aromatic heterocycles. The molecular weight excluding hydrogens is 400 g/mol. The molecular formula is C22H18N4O3S. The smallest absolute Gasteiger partial charge is 0.329 e. The van der Waals surface area contributed by atoms with Gasteiger partial charge in [0.15, 0.2) is 0 Å². The van der Waals surface area contributed by atoms with Crippen LogP contribution >= 0.6 is 11.8 Å². The Morgan fingerprint density at radius 1 is 1.17 bits per heavy atom. The van der Waals surface area contributed by atoms with E-state index >= 15 is 0 Å². The van der Waals surface area contributed by atoms with E-state index in [4.69, 9.17) is 4.74 Å². The Morgan fingerprint density at radius 3 is 2.83 bits per heavy atom. The van der Waals surface area contributed by atoms with Gasteiger partial charge in [0.2, 0.25) is 0 Å². The second-order valence-corrected chi connectivity index (χ2v) is 8.29. The van der Waals surface area contributed by atoms with Gasteiger partial charge < -0.3 is 10.1 Å². The summed E-state index contributed by atoms with van der Waals surface area (Å²) in [7, 11) is 1.59. The van der Waals surface area contributed by atoms with Crippen LogP contribution in [0, 0.1) is 6.92 Å². The van der Waals surface area contributed by atoms with Crippen molar-refractivity contribution >= 4 is 45.1 Å². The highest BCUT2D eigenvalue weighted by Gasteiger charge is 2.45. The monoisotopic (exact) mass is 418 g/mol. The molecule has 0 radical (unpaired) electrons. The summed E-state index contributed by atoms with van der Waals surface area (Å²) in [5.74, 6) is 0.387. The number of aromatic nitrogens is 2. The van der Waals surface area contributed by atoms with Gasteiger partial charge in [-0.1, -0.05) is 24.3 Å². The molecule has 3 aromatic rings. The number of ether oxygens (including phenoxy) is 1. The molecule has 1 fully saturated rings. The van der Waals surface area contributed by atoms with E-state index in [1.165, 1.54) is 16.7 Å². The number of hydrogen-bond acceptors (Lipinski definition) is 6. The second kappa shape index (κ2) is 7.14. The van der Waals surface area contributed by atoms with E-state index < -0.39 is 11.3 Å². The van der Waals surface area contributed by atoms with Gasteiger partial charge in [-0.3, -0.25) is 14.8 Å². The van der Waals surface area contributed by atoms with Crippen LogP contribution < -0.4 is 15.0 Å². The Labute approximate surface area is 177 Å². The fourth-order valence-corrected chi connectivity index (χ4v) is 5.12. The van der Waals surface area contributed by atoms with Crippen LogP contribution in [0.5, 0.6) is 5.75 Å². The number of carbonyl (C=O) groups excluding carboxylic acids is 2. The van der Waals surface area contributed by atoms with Gasteiger partial charge in [-0.2, -0.15) is 0 Å². The van der Waals surface area contributed by atoms with E-state index in [1.54, 1.807) is 25.7 Å². The third-order valence-corrected chi connectivity index (χ3v) is 6.68. The number of imide groups is 1. The quantitative estimate of drug-likeness (QED) is 0.701. The molecule has 2 atom stereocenters. The average molecular weight is 418 g/mol. The number of amides is 3. The number of carbonyl (C=O) groups is 2. The second-order valence-electron chi connectivity index (χ2n) is 7.11. The molecule has 5 rings (SSSR count). The number of benzene rings is 1. The van der Waals surface area contributed by atoms with Gasteiger partial charge in [0, 0.05) is 33.1 Å². The Balaban J connectivity index is 1.50. The van der Waals surface area contributed by atoms with Crippen molar-refractivity contribution < 1.29 is 14.3 Å². The summed E-state index contributed by atoms with van der Waals surface area (Å²) in [6.07, 6.45) is 6.86. The highest BCUT2D eigenvalue weighted by molar-refractivity contribution is 8.09. The molecule has 2 aliphatic rings. The number of urea groups is 1. The maximum Gasteiger partial charge on any atom is 0.329 e. The van der Waals surface area contributed by atoms with E-state index in [2.05, 4.69) is 15.3 Å². The zero-order valence-electron chi connectivity index (χ0n) is 16.3. The lowest BCUT2D eigenvalue weighted by atomic mass is 10.1. The van der Waals surface area contributed by atoms with Crippen LogP contribution in [0.2, 0.25) is 0 Å². The molecule has 150 valence electrons. The SMILES string of the molecule is COc1cnc(C)c(C2=CC3NC(=O)N(c4cncc5ccccc45)C(=O)C3S2)c1. The molecule has 2 aliphatic heterocycles. The Morgan fingerprint density at radius 2 is 2.00 bits per heavy atom. The molecule has 2 unspecified atom stereocenters. The molecule has 1 N–H and O–H groups in total. The average Bonchev–Trinajstić information content (AvgIpc) is 3.18. The van der Waals surface area contributed by atoms with Crippen molar-refractivity contribution in [3.05, 3.63) is 66.3 Å². The van der Waals surface area contributed by atoms with E-state index in [0.717, 1.165) is 26.9 Å². The van der Waals surface area contributed by atoms with Gasteiger partial charge in [-0.25, -0.2) is 9.69 Å². The molecule has 1 saturated heterocycles. The maximum atomic E-state index is 13.4. The lowest BCUT2D eigenvalue weighted by Crippen LogP contribution is -2.60. The van der Waals surface area contributed by atoms with Crippen molar-refractivity contribution in [2.45, 2.75) is 18.2 Å². The van der Waals surface area contributed by atoms with Crippen LogP contribution in [-0.4, -0.2) is 40.3 Å². The summed E-state index contributed by atoms with van der Waals surface area (Å²) in [6, 6.07) is 8.64. The molecule has 4 heterocycles. The van der Waals surface area contributed by atoms with Gasteiger partial charge in [0.25, 0.3) is 5.91 Å². The number of rotatable bonds is 3. The predicted molar refractivity (Wildman–Crippen MR) is 116 cm³/mol. The third-order valence-electron chi connectivity index (χ3n) is 5.32. The number of hydrogen-bond donors (Lipinski definition) is 1. The van der Waals surface area contributed by atoms with Gasteiger partial charge in [-0.15, -0.1) is 11.8 Å². The zero-order valence-corrected chi connectivity index (χ0v) is 17.1. The first-order valence-electron chi connectivity index (χ1n) is 9.43.